The number of rotatable bonds is 0. The maximum absolute atomic E-state index is 5.32. The van der Waals surface area contributed by atoms with E-state index in [-0.39, 0.29) is 0 Å². The van der Waals surface area contributed by atoms with Crippen LogP contribution in [-0.2, 0) is 0 Å². The average Bonchev–Trinajstić information content (AvgIpc) is 2.28. The molecular formula is C7H6O2S2. The highest BCUT2D eigenvalue weighted by atomic mass is 32.2. The third-order valence-corrected chi connectivity index (χ3v) is 2.61. The number of para-hydroxylation sites is 2. The molecule has 1 aliphatic heterocycles. The number of hydrogen-bond donors (Lipinski definition) is 0. The van der Waals surface area contributed by atoms with Crippen molar-refractivity contribution in [3.05, 3.63) is 24.3 Å². The van der Waals surface area contributed by atoms with E-state index >= 15 is 0 Å². The van der Waals surface area contributed by atoms with Crippen LogP contribution in [0.4, 0.5) is 0 Å². The molecule has 0 N–H and O–H groups in total. The zero-order valence-corrected chi connectivity index (χ0v) is 7.28. The van der Waals surface area contributed by atoms with Crippen LogP contribution in [0.15, 0.2) is 24.3 Å². The van der Waals surface area contributed by atoms with Crippen LogP contribution >= 0.6 is 24.1 Å². The van der Waals surface area contributed by atoms with Gasteiger partial charge in [0.25, 0.3) is 0 Å². The Bertz CT molecular complexity index is 227. The number of benzene rings is 1. The molecule has 58 valence electrons. The molecule has 2 rings (SSSR count). The first-order valence-corrected chi connectivity index (χ1v) is 4.97. The SMILES string of the molecule is c1ccc2c(c1)OSCSO2. The van der Waals surface area contributed by atoms with Gasteiger partial charge in [0, 0.05) is 0 Å². The minimum absolute atomic E-state index is 0.800. The number of hydrogen-bond acceptors (Lipinski definition) is 4. The van der Waals surface area contributed by atoms with Crippen LogP contribution in [0.3, 0.4) is 0 Å². The van der Waals surface area contributed by atoms with E-state index in [9.17, 15) is 0 Å². The van der Waals surface area contributed by atoms with Crippen molar-refractivity contribution in [1.82, 2.24) is 0 Å². The normalized spacial score (nSPS) is 15.6. The second-order valence-electron chi connectivity index (χ2n) is 1.97. The lowest BCUT2D eigenvalue weighted by atomic mass is 10.3. The van der Waals surface area contributed by atoms with Crippen molar-refractivity contribution in [2.75, 3.05) is 5.08 Å². The van der Waals surface area contributed by atoms with E-state index in [0.717, 1.165) is 16.6 Å². The van der Waals surface area contributed by atoms with E-state index in [1.54, 1.807) is 0 Å². The molecule has 0 unspecified atom stereocenters. The first kappa shape index (κ1) is 7.18. The van der Waals surface area contributed by atoms with Crippen molar-refractivity contribution in [2.24, 2.45) is 0 Å². The largest absolute Gasteiger partial charge is 0.421 e. The van der Waals surface area contributed by atoms with E-state index < -0.39 is 0 Å². The molecule has 0 aromatic heterocycles. The Kier molecular flexibility index (Phi) is 2.14. The summed E-state index contributed by atoms with van der Waals surface area (Å²) in [6.45, 7) is 0. The van der Waals surface area contributed by atoms with Crippen molar-refractivity contribution >= 4 is 24.1 Å². The third-order valence-electron chi connectivity index (χ3n) is 1.24. The average molecular weight is 186 g/mol. The molecule has 0 bridgehead atoms. The Morgan fingerprint density at radius 2 is 1.55 bits per heavy atom. The molecule has 0 amide bonds. The van der Waals surface area contributed by atoms with Gasteiger partial charge in [0.05, 0.1) is 24.1 Å². The maximum atomic E-state index is 5.32. The molecule has 0 aliphatic carbocycles. The summed E-state index contributed by atoms with van der Waals surface area (Å²) in [5.41, 5.74) is 0. The highest BCUT2D eigenvalue weighted by molar-refractivity contribution is 8.12. The van der Waals surface area contributed by atoms with Gasteiger partial charge in [-0.1, -0.05) is 12.1 Å². The molecule has 1 aromatic carbocycles. The molecule has 1 aromatic rings. The fourth-order valence-electron chi connectivity index (χ4n) is 0.783. The van der Waals surface area contributed by atoms with Gasteiger partial charge in [0.1, 0.15) is 5.08 Å². The van der Waals surface area contributed by atoms with Gasteiger partial charge in [0.2, 0.25) is 0 Å². The van der Waals surface area contributed by atoms with Crippen molar-refractivity contribution in [3.63, 3.8) is 0 Å². The summed E-state index contributed by atoms with van der Waals surface area (Å²) in [6.07, 6.45) is 0. The van der Waals surface area contributed by atoms with E-state index in [1.165, 1.54) is 24.1 Å². The Morgan fingerprint density at radius 3 is 2.09 bits per heavy atom. The fraction of sp³-hybridized carbons (Fsp3) is 0.143. The first-order valence-electron chi connectivity index (χ1n) is 3.15. The second kappa shape index (κ2) is 3.28. The van der Waals surface area contributed by atoms with E-state index in [0.29, 0.717) is 0 Å². The van der Waals surface area contributed by atoms with Crippen molar-refractivity contribution in [3.8, 4) is 11.5 Å². The van der Waals surface area contributed by atoms with Crippen LogP contribution in [0.1, 0.15) is 0 Å². The van der Waals surface area contributed by atoms with Crippen LogP contribution in [-0.4, -0.2) is 5.08 Å². The molecule has 11 heavy (non-hydrogen) atoms. The van der Waals surface area contributed by atoms with Crippen LogP contribution in [0.2, 0.25) is 0 Å². The summed E-state index contributed by atoms with van der Waals surface area (Å²) < 4.78 is 10.6. The zero-order valence-electron chi connectivity index (χ0n) is 5.65. The van der Waals surface area contributed by atoms with Gasteiger partial charge in [-0.15, -0.1) is 0 Å². The Hall–Kier alpha value is -0.480. The summed E-state index contributed by atoms with van der Waals surface area (Å²) in [7, 11) is 0. The molecule has 1 aliphatic rings. The predicted molar refractivity (Wildman–Crippen MR) is 47.7 cm³/mol. The monoisotopic (exact) mass is 186 g/mol. The standard InChI is InChI=1S/C7H6O2S2/c1-2-4-7-6(3-1)8-10-5-11-9-7/h1-4H,5H2. The summed E-state index contributed by atoms with van der Waals surface area (Å²) in [6, 6.07) is 7.65. The second-order valence-corrected chi connectivity index (χ2v) is 3.71. The molecule has 0 radical (unpaired) electrons. The van der Waals surface area contributed by atoms with Gasteiger partial charge >= 0.3 is 0 Å². The van der Waals surface area contributed by atoms with Gasteiger partial charge < -0.3 is 8.37 Å². The topological polar surface area (TPSA) is 18.5 Å². The molecule has 1 heterocycles. The van der Waals surface area contributed by atoms with E-state index in [1.807, 2.05) is 24.3 Å². The van der Waals surface area contributed by atoms with Gasteiger partial charge in [-0.25, -0.2) is 0 Å². The van der Waals surface area contributed by atoms with Gasteiger partial charge in [-0.2, -0.15) is 0 Å². The van der Waals surface area contributed by atoms with E-state index in [4.69, 9.17) is 8.37 Å². The van der Waals surface area contributed by atoms with Gasteiger partial charge in [-0.05, 0) is 12.1 Å². The summed E-state index contributed by atoms with van der Waals surface area (Å²) >= 11 is 2.79. The van der Waals surface area contributed by atoms with Crippen LogP contribution in [0.25, 0.3) is 0 Å². The molecule has 0 fully saturated rings. The molecule has 0 atom stereocenters. The highest BCUT2D eigenvalue weighted by Gasteiger charge is 2.09. The highest BCUT2D eigenvalue weighted by Crippen LogP contribution is 2.35. The number of fused-ring (bicyclic) bond motifs is 1. The minimum Gasteiger partial charge on any atom is -0.421 e. The Balaban J connectivity index is 2.33. The van der Waals surface area contributed by atoms with Crippen molar-refractivity contribution in [2.45, 2.75) is 0 Å². The fourth-order valence-corrected chi connectivity index (χ4v) is 1.85. The van der Waals surface area contributed by atoms with E-state index in [2.05, 4.69) is 0 Å². The molecule has 0 spiro atoms. The lowest BCUT2D eigenvalue weighted by Gasteiger charge is -2.01. The summed E-state index contributed by atoms with van der Waals surface area (Å²) in [5, 5.41) is 0.800. The predicted octanol–water partition coefficient (Wildman–Crippen LogP) is 2.71. The smallest absolute Gasteiger partial charge is 0.180 e. The van der Waals surface area contributed by atoms with Crippen LogP contribution < -0.4 is 8.37 Å². The quantitative estimate of drug-likeness (QED) is 0.580. The maximum Gasteiger partial charge on any atom is 0.180 e. The molecule has 0 saturated heterocycles. The molecular weight excluding hydrogens is 180 g/mol. The van der Waals surface area contributed by atoms with Crippen LogP contribution in [0.5, 0.6) is 11.5 Å². The lowest BCUT2D eigenvalue weighted by Crippen LogP contribution is -1.79. The molecule has 2 nitrogen and oxygen atoms in total. The van der Waals surface area contributed by atoms with Gasteiger partial charge in [0.15, 0.2) is 11.5 Å². The summed E-state index contributed by atoms with van der Waals surface area (Å²) in [5.74, 6) is 1.62. The Labute approximate surface area is 73.7 Å². The van der Waals surface area contributed by atoms with Gasteiger partial charge in [-0.3, -0.25) is 0 Å². The first-order chi connectivity index (χ1) is 5.47. The molecule has 4 heteroatoms. The van der Waals surface area contributed by atoms with Crippen LogP contribution in [0, 0.1) is 0 Å². The third kappa shape index (κ3) is 1.57. The zero-order chi connectivity index (χ0) is 7.52. The van der Waals surface area contributed by atoms with Crippen molar-refractivity contribution in [1.29, 1.82) is 0 Å². The lowest BCUT2D eigenvalue weighted by molar-refractivity contribution is 0.581. The van der Waals surface area contributed by atoms with Crippen molar-refractivity contribution < 1.29 is 8.37 Å². The Morgan fingerprint density at radius 1 is 1.00 bits per heavy atom. The molecule has 0 saturated carbocycles. The summed E-state index contributed by atoms with van der Waals surface area (Å²) in [4.78, 5) is 0. The minimum atomic E-state index is 0.800.